The lowest BCUT2D eigenvalue weighted by Crippen LogP contribution is -2.22. The zero-order chi connectivity index (χ0) is 20.4. The third kappa shape index (κ3) is 3.86. The van der Waals surface area contributed by atoms with Gasteiger partial charge >= 0.3 is 0 Å². The number of rotatable bonds is 6. The van der Waals surface area contributed by atoms with E-state index < -0.39 is 0 Å². The summed E-state index contributed by atoms with van der Waals surface area (Å²) in [5.41, 5.74) is 4.78. The van der Waals surface area contributed by atoms with Crippen LogP contribution in [0.25, 0.3) is 5.65 Å². The fraction of sp³-hybridized carbons (Fsp3) is 0.292. The summed E-state index contributed by atoms with van der Waals surface area (Å²) in [6.45, 7) is 9.01. The van der Waals surface area contributed by atoms with Crippen LogP contribution < -0.4 is 5.32 Å². The maximum atomic E-state index is 12.8. The smallest absolute Gasteiger partial charge is 0.190 e. The Morgan fingerprint density at radius 1 is 1.24 bits per heavy atom. The fourth-order valence-corrected chi connectivity index (χ4v) is 3.67. The highest BCUT2D eigenvalue weighted by Gasteiger charge is 2.29. The molecule has 1 N–H and O–H groups in total. The van der Waals surface area contributed by atoms with Gasteiger partial charge in [0, 0.05) is 18.0 Å². The molecule has 3 aromatic heterocycles. The minimum absolute atomic E-state index is 0.0783. The first-order chi connectivity index (χ1) is 14.0. The number of allylic oxidation sites excluding steroid dienone is 3. The summed E-state index contributed by atoms with van der Waals surface area (Å²) >= 11 is 0. The first-order valence-corrected chi connectivity index (χ1v) is 9.97. The van der Waals surface area contributed by atoms with Gasteiger partial charge in [0.05, 0.1) is 18.4 Å². The molecular formula is C24H26N4O. The average molecular weight is 386 g/mol. The minimum Gasteiger partial charge on any atom is -0.364 e. The van der Waals surface area contributed by atoms with Gasteiger partial charge in [-0.15, -0.1) is 0 Å². The van der Waals surface area contributed by atoms with Crippen LogP contribution in [-0.4, -0.2) is 20.2 Å². The number of pyridine rings is 2. The summed E-state index contributed by atoms with van der Waals surface area (Å²) in [4.78, 5) is 21.6. The number of Topliss-reactive ketones (excluding diaryl/α,β-unsaturated/α-hetero) is 1. The van der Waals surface area contributed by atoms with Crippen LogP contribution in [0.5, 0.6) is 0 Å². The SMILES string of the molecule is C=C(C)C1(C)CC=C(C(=O)c2ccc(NCc3cnc4ccccn34)nc2)CC1. The summed E-state index contributed by atoms with van der Waals surface area (Å²) in [7, 11) is 0. The summed E-state index contributed by atoms with van der Waals surface area (Å²) in [5.74, 6) is 0.814. The van der Waals surface area contributed by atoms with Crippen LogP contribution in [-0.2, 0) is 6.54 Å². The number of imidazole rings is 1. The van der Waals surface area contributed by atoms with Gasteiger partial charge in [-0.25, -0.2) is 9.97 Å². The molecule has 5 heteroatoms. The molecule has 0 saturated carbocycles. The molecule has 1 atom stereocenters. The molecule has 0 amide bonds. The van der Waals surface area contributed by atoms with Crippen molar-refractivity contribution in [3.63, 3.8) is 0 Å². The van der Waals surface area contributed by atoms with Gasteiger partial charge < -0.3 is 9.72 Å². The molecule has 29 heavy (non-hydrogen) atoms. The molecule has 5 nitrogen and oxygen atoms in total. The average Bonchev–Trinajstić information content (AvgIpc) is 3.16. The van der Waals surface area contributed by atoms with E-state index in [4.69, 9.17) is 0 Å². The molecule has 0 radical (unpaired) electrons. The summed E-state index contributed by atoms with van der Waals surface area (Å²) in [5, 5.41) is 3.30. The number of carbonyl (C=O) groups excluding carboxylic acids is 1. The van der Waals surface area contributed by atoms with Gasteiger partial charge in [0.1, 0.15) is 11.5 Å². The maximum Gasteiger partial charge on any atom is 0.190 e. The van der Waals surface area contributed by atoms with Crippen molar-refractivity contribution in [1.82, 2.24) is 14.4 Å². The summed E-state index contributed by atoms with van der Waals surface area (Å²) < 4.78 is 2.04. The number of hydrogen-bond acceptors (Lipinski definition) is 4. The molecule has 1 unspecified atom stereocenters. The number of hydrogen-bond donors (Lipinski definition) is 1. The topological polar surface area (TPSA) is 59.3 Å². The van der Waals surface area contributed by atoms with Crippen LogP contribution in [0.3, 0.4) is 0 Å². The zero-order valence-corrected chi connectivity index (χ0v) is 17.0. The predicted octanol–water partition coefficient (Wildman–Crippen LogP) is 5.22. The van der Waals surface area contributed by atoms with Crippen molar-refractivity contribution < 1.29 is 4.79 Å². The van der Waals surface area contributed by atoms with Crippen molar-refractivity contribution in [2.24, 2.45) is 5.41 Å². The molecule has 0 saturated heterocycles. The highest BCUT2D eigenvalue weighted by atomic mass is 16.1. The van der Waals surface area contributed by atoms with E-state index in [-0.39, 0.29) is 11.2 Å². The van der Waals surface area contributed by atoms with E-state index in [1.165, 1.54) is 5.57 Å². The van der Waals surface area contributed by atoms with E-state index in [1.807, 2.05) is 47.1 Å². The molecule has 4 rings (SSSR count). The summed E-state index contributed by atoms with van der Waals surface area (Å²) in [6, 6.07) is 9.63. The third-order valence-corrected chi connectivity index (χ3v) is 6.04. The van der Waals surface area contributed by atoms with E-state index >= 15 is 0 Å². The van der Waals surface area contributed by atoms with Gasteiger partial charge in [0.2, 0.25) is 0 Å². The van der Waals surface area contributed by atoms with Crippen molar-refractivity contribution in [2.45, 2.75) is 39.7 Å². The Balaban J connectivity index is 1.41. The lowest BCUT2D eigenvalue weighted by molar-refractivity contribution is 0.102. The van der Waals surface area contributed by atoms with Crippen molar-refractivity contribution >= 4 is 17.2 Å². The lowest BCUT2D eigenvalue weighted by Gasteiger charge is -2.33. The highest BCUT2D eigenvalue weighted by Crippen LogP contribution is 2.40. The van der Waals surface area contributed by atoms with Crippen LogP contribution in [0.2, 0.25) is 0 Å². The van der Waals surface area contributed by atoms with Gasteiger partial charge in [-0.3, -0.25) is 4.79 Å². The third-order valence-electron chi connectivity index (χ3n) is 6.04. The number of ketones is 1. The molecule has 3 heterocycles. The highest BCUT2D eigenvalue weighted by molar-refractivity contribution is 6.08. The molecule has 1 aliphatic carbocycles. The van der Waals surface area contributed by atoms with E-state index in [0.717, 1.165) is 42.0 Å². The van der Waals surface area contributed by atoms with Gasteiger partial charge in [-0.2, -0.15) is 0 Å². The van der Waals surface area contributed by atoms with Crippen molar-refractivity contribution in [2.75, 3.05) is 5.32 Å². The Morgan fingerprint density at radius 3 is 2.79 bits per heavy atom. The van der Waals surface area contributed by atoms with Crippen LogP contribution in [0, 0.1) is 5.41 Å². The Hall–Kier alpha value is -3.21. The molecule has 148 valence electrons. The van der Waals surface area contributed by atoms with E-state index in [9.17, 15) is 4.79 Å². The molecular weight excluding hydrogens is 360 g/mol. The Kier molecular flexibility index (Phi) is 5.05. The molecule has 0 aromatic carbocycles. The first kappa shape index (κ1) is 19.1. The van der Waals surface area contributed by atoms with Crippen LogP contribution >= 0.6 is 0 Å². The second-order valence-electron chi connectivity index (χ2n) is 8.07. The number of fused-ring (bicyclic) bond motifs is 1. The fourth-order valence-electron chi connectivity index (χ4n) is 3.67. The second-order valence-corrected chi connectivity index (χ2v) is 8.07. The zero-order valence-electron chi connectivity index (χ0n) is 17.0. The van der Waals surface area contributed by atoms with Crippen LogP contribution in [0.4, 0.5) is 5.82 Å². The molecule has 3 aromatic rings. The summed E-state index contributed by atoms with van der Waals surface area (Å²) in [6.07, 6.45) is 10.2. The second kappa shape index (κ2) is 7.66. The molecule has 0 aliphatic heterocycles. The van der Waals surface area contributed by atoms with Gasteiger partial charge in [0.15, 0.2) is 5.78 Å². The Bertz CT molecular complexity index is 1090. The van der Waals surface area contributed by atoms with E-state index in [1.54, 1.807) is 6.20 Å². The Labute approximate surface area is 171 Å². The van der Waals surface area contributed by atoms with Gasteiger partial charge in [-0.1, -0.05) is 31.2 Å². The molecule has 1 aliphatic rings. The number of nitrogens with zero attached hydrogens (tertiary/aromatic N) is 3. The van der Waals surface area contributed by atoms with E-state index in [2.05, 4.69) is 41.8 Å². The monoisotopic (exact) mass is 386 g/mol. The van der Waals surface area contributed by atoms with Crippen molar-refractivity contribution in [3.8, 4) is 0 Å². The molecule has 0 fully saturated rings. The maximum absolute atomic E-state index is 12.8. The minimum atomic E-state index is 0.0783. The Morgan fingerprint density at radius 2 is 2.10 bits per heavy atom. The largest absolute Gasteiger partial charge is 0.364 e. The predicted molar refractivity (Wildman–Crippen MR) is 116 cm³/mol. The lowest BCUT2D eigenvalue weighted by atomic mass is 9.71. The first-order valence-electron chi connectivity index (χ1n) is 9.97. The van der Waals surface area contributed by atoms with Crippen molar-refractivity contribution in [1.29, 1.82) is 0 Å². The van der Waals surface area contributed by atoms with Crippen LogP contribution in [0.15, 0.2) is 72.7 Å². The van der Waals surface area contributed by atoms with Crippen molar-refractivity contribution in [3.05, 3.63) is 84.0 Å². The molecule has 0 spiro atoms. The standard InChI is InChI=1S/C24H26N4O/c1-17(2)24(3)11-9-18(10-12-24)23(29)19-7-8-21(25-14-19)26-15-20-16-27-22-6-4-5-13-28(20)22/h4-9,13-14,16H,1,10-12,15H2,2-3H3,(H,25,26). The number of nitrogens with one attached hydrogen (secondary N) is 1. The quantitative estimate of drug-likeness (QED) is 0.466. The number of carbonyl (C=O) groups is 1. The normalized spacial score (nSPS) is 19.0. The number of aromatic nitrogens is 3. The van der Waals surface area contributed by atoms with Crippen LogP contribution in [0.1, 0.15) is 49.2 Å². The van der Waals surface area contributed by atoms with Gasteiger partial charge in [0.25, 0.3) is 0 Å². The molecule has 0 bridgehead atoms. The van der Waals surface area contributed by atoms with E-state index in [0.29, 0.717) is 12.1 Å². The number of anilines is 1. The van der Waals surface area contributed by atoms with Gasteiger partial charge in [-0.05, 0) is 61.4 Å².